The Kier molecular flexibility index (Phi) is 4.22. The Balaban J connectivity index is 3.22. The molecule has 0 saturated heterocycles. The van der Waals surface area contributed by atoms with Gasteiger partial charge in [-0.15, -0.1) is 0 Å². The van der Waals surface area contributed by atoms with Crippen LogP contribution in [0, 0.1) is 10.1 Å². The van der Waals surface area contributed by atoms with Gasteiger partial charge in [0.1, 0.15) is 0 Å². The Hall–Kier alpha value is -2.61. The van der Waals surface area contributed by atoms with E-state index in [1.807, 2.05) is 5.43 Å². The van der Waals surface area contributed by atoms with E-state index in [2.05, 4.69) is 0 Å². The van der Waals surface area contributed by atoms with Crippen LogP contribution in [-0.2, 0) is 4.79 Å². The molecule has 0 atom stereocenters. The Morgan fingerprint density at radius 3 is 2.78 bits per heavy atom. The zero-order chi connectivity index (χ0) is 13.7. The maximum atomic E-state index is 10.9. The van der Waals surface area contributed by atoms with E-state index < -0.39 is 22.3 Å². The van der Waals surface area contributed by atoms with Crippen molar-refractivity contribution in [2.24, 2.45) is 5.84 Å². The zero-order valence-corrected chi connectivity index (χ0v) is 9.41. The van der Waals surface area contributed by atoms with Crippen LogP contribution in [0.3, 0.4) is 0 Å². The zero-order valence-electron chi connectivity index (χ0n) is 9.41. The lowest BCUT2D eigenvalue weighted by Gasteiger charge is -2.05. The number of nitro benzene ring substituents is 1. The lowest BCUT2D eigenvalue weighted by Crippen LogP contribution is -2.27. The number of hydrogen-bond donors (Lipinski definition) is 3. The summed E-state index contributed by atoms with van der Waals surface area (Å²) < 4.78 is 4.80. The minimum absolute atomic E-state index is 0.0583. The fraction of sp³-hybridized carbons (Fsp3) is 0.100. The van der Waals surface area contributed by atoms with Gasteiger partial charge in [0, 0.05) is 12.1 Å². The fourth-order valence-electron chi connectivity index (χ4n) is 1.22. The van der Waals surface area contributed by atoms with Crippen LogP contribution in [0.2, 0.25) is 0 Å². The van der Waals surface area contributed by atoms with E-state index >= 15 is 0 Å². The highest BCUT2D eigenvalue weighted by Crippen LogP contribution is 2.37. The molecule has 0 aromatic heterocycles. The third-order valence-corrected chi connectivity index (χ3v) is 2.06. The third kappa shape index (κ3) is 2.95. The number of methoxy groups -OCH3 is 1. The van der Waals surface area contributed by atoms with Gasteiger partial charge in [-0.25, -0.2) is 5.84 Å². The highest BCUT2D eigenvalue weighted by molar-refractivity contribution is 5.91. The summed E-state index contributed by atoms with van der Waals surface area (Å²) in [7, 11) is 1.26. The summed E-state index contributed by atoms with van der Waals surface area (Å²) in [6.07, 6.45) is 2.40. The normalized spacial score (nSPS) is 10.3. The molecule has 18 heavy (non-hydrogen) atoms. The average Bonchev–Trinajstić information content (AvgIpc) is 2.36. The van der Waals surface area contributed by atoms with E-state index in [0.717, 1.165) is 12.1 Å². The van der Waals surface area contributed by atoms with E-state index in [0.29, 0.717) is 5.56 Å². The molecule has 0 aliphatic carbocycles. The number of rotatable bonds is 4. The van der Waals surface area contributed by atoms with Crippen molar-refractivity contribution in [3.8, 4) is 11.5 Å². The average molecular weight is 253 g/mol. The number of benzene rings is 1. The van der Waals surface area contributed by atoms with Gasteiger partial charge in [0.2, 0.25) is 5.75 Å². The Morgan fingerprint density at radius 2 is 2.28 bits per heavy atom. The molecule has 1 aromatic carbocycles. The van der Waals surface area contributed by atoms with E-state index in [-0.39, 0.29) is 5.75 Å². The number of carbonyl (C=O) groups is 1. The van der Waals surface area contributed by atoms with Crippen LogP contribution in [0.4, 0.5) is 5.69 Å². The second-order valence-corrected chi connectivity index (χ2v) is 3.19. The molecule has 0 unspecified atom stereocenters. The maximum absolute atomic E-state index is 10.9. The first-order chi connectivity index (χ1) is 8.49. The summed E-state index contributed by atoms with van der Waals surface area (Å²) >= 11 is 0. The van der Waals surface area contributed by atoms with Gasteiger partial charge >= 0.3 is 5.69 Å². The highest BCUT2D eigenvalue weighted by atomic mass is 16.6. The van der Waals surface area contributed by atoms with E-state index in [4.69, 9.17) is 10.6 Å². The molecule has 0 spiro atoms. The number of nitrogens with two attached hydrogens (primary N) is 1. The van der Waals surface area contributed by atoms with Gasteiger partial charge in [0.25, 0.3) is 5.91 Å². The summed E-state index contributed by atoms with van der Waals surface area (Å²) in [6, 6.07) is 2.46. The molecule has 0 radical (unpaired) electrons. The predicted molar refractivity (Wildman–Crippen MR) is 62.7 cm³/mol. The smallest absolute Gasteiger partial charge is 0.315 e. The van der Waals surface area contributed by atoms with Gasteiger partial charge in [-0.05, 0) is 17.7 Å². The topological polar surface area (TPSA) is 128 Å². The Morgan fingerprint density at radius 1 is 1.61 bits per heavy atom. The number of nitro groups is 1. The number of hydrazine groups is 1. The molecule has 4 N–H and O–H groups in total. The first kappa shape index (κ1) is 13.5. The molecule has 8 nitrogen and oxygen atoms in total. The molecular weight excluding hydrogens is 242 g/mol. The molecule has 0 fully saturated rings. The molecule has 1 amide bonds. The molecule has 0 heterocycles. The van der Waals surface area contributed by atoms with Gasteiger partial charge in [-0.2, -0.15) is 0 Å². The Labute approximate surface area is 102 Å². The van der Waals surface area contributed by atoms with Crippen molar-refractivity contribution >= 4 is 17.7 Å². The second kappa shape index (κ2) is 5.64. The van der Waals surface area contributed by atoms with Crippen molar-refractivity contribution in [1.82, 2.24) is 5.43 Å². The minimum atomic E-state index is -0.752. The molecule has 0 aliphatic rings. The van der Waals surface area contributed by atoms with Gasteiger partial charge in [0.15, 0.2) is 5.75 Å². The predicted octanol–water partition coefficient (Wildman–Crippen LogP) is 0.312. The summed E-state index contributed by atoms with van der Waals surface area (Å²) in [5.74, 6) is 3.68. The van der Waals surface area contributed by atoms with Crippen LogP contribution in [0.5, 0.6) is 11.5 Å². The van der Waals surface area contributed by atoms with E-state index in [9.17, 15) is 20.0 Å². The molecule has 1 rings (SSSR count). The van der Waals surface area contributed by atoms with Gasteiger partial charge in [-0.1, -0.05) is 0 Å². The maximum Gasteiger partial charge on any atom is 0.315 e. The van der Waals surface area contributed by atoms with Crippen LogP contribution >= 0.6 is 0 Å². The van der Waals surface area contributed by atoms with Crippen LogP contribution in [-0.4, -0.2) is 23.0 Å². The number of hydrogen-bond acceptors (Lipinski definition) is 6. The summed E-state index contributed by atoms with van der Waals surface area (Å²) in [4.78, 5) is 20.8. The Bertz CT molecular complexity index is 512. The number of nitrogens with one attached hydrogen (secondary N) is 1. The van der Waals surface area contributed by atoms with Gasteiger partial charge < -0.3 is 9.84 Å². The molecule has 0 saturated carbocycles. The number of phenols is 1. The first-order valence-corrected chi connectivity index (χ1v) is 4.73. The number of ether oxygens (including phenoxy) is 1. The number of amides is 1. The van der Waals surface area contributed by atoms with Crippen molar-refractivity contribution in [3.05, 3.63) is 33.9 Å². The summed E-state index contributed by atoms with van der Waals surface area (Å²) in [6.45, 7) is 0. The molecule has 8 heteroatoms. The molecular formula is C10H11N3O5. The number of carbonyl (C=O) groups excluding carboxylic acids is 1. The molecule has 96 valence electrons. The van der Waals surface area contributed by atoms with Crippen LogP contribution in [0.1, 0.15) is 5.56 Å². The van der Waals surface area contributed by atoms with Crippen molar-refractivity contribution in [2.75, 3.05) is 7.11 Å². The number of aromatic hydroxyl groups is 1. The summed E-state index contributed by atoms with van der Waals surface area (Å²) in [5.41, 5.74) is 1.68. The first-order valence-electron chi connectivity index (χ1n) is 4.73. The van der Waals surface area contributed by atoms with E-state index in [1.54, 1.807) is 0 Å². The standard InChI is InChI=1S/C10H11N3O5/c1-18-8-5-6(2-3-9(14)12-11)4-7(10(8)15)13(16)17/h2-5,15H,11H2,1H3,(H,12,14). The van der Waals surface area contributed by atoms with Crippen LogP contribution in [0.25, 0.3) is 6.08 Å². The van der Waals surface area contributed by atoms with Crippen molar-refractivity contribution < 1.29 is 19.6 Å². The fourth-order valence-corrected chi connectivity index (χ4v) is 1.22. The number of nitrogens with zero attached hydrogens (tertiary/aromatic N) is 1. The highest BCUT2D eigenvalue weighted by Gasteiger charge is 2.18. The number of phenolic OH excluding ortho intramolecular Hbond substituents is 1. The van der Waals surface area contributed by atoms with Crippen LogP contribution < -0.4 is 16.0 Å². The largest absolute Gasteiger partial charge is 0.500 e. The molecule has 1 aromatic rings. The van der Waals surface area contributed by atoms with Crippen molar-refractivity contribution in [1.29, 1.82) is 0 Å². The quantitative estimate of drug-likeness (QED) is 0.233. The molecule has 0 aliphatic heterocycles. The SMILES string of the molecule is COc1cc(C=CC(=O)NN)cc([N+](=O)[O-])c1O. The molecule has 0 bridgehead atoms. The van der Waals surface area contributed by atoms with Crippen molar-refractivity contribution in [2.45, 2.75) is 0 Å². The van der Waals surface area contributed by atoms with Crippen LogP contribution in [0.15, 0.2) is 18.2 Å². The second-order valence-electron chi connectivity index (χ2n) is 3.19. The monoisotopic (exact) mass is 253 g/mol. The lowest BCUT2D eigenvalue weighted by atomic mass is 10.1. The van der Waals surface area contributed by atoms with E-state index in [1.165, 1.54) is 19.3 Å². The van der Waals surface area contributed by atoms with Gasteiger partial charge in [0.05, 0.1) is 12.0 Å². The van der Waals surface area contributed by atoms with Crippen molar-refractivity contribution in [3.63, 3.8) is 0 Å². The third-order valence-electron chi connectivity index (χ3n) is 2.06. The minimum Gasteiger partial charge on any atom is -0.500 e. The lowest BCUT2D eigenvalue weighted by molar-refractivity contribution is -0.386. The van der Waals surface area contributed by atoms with Gasteiger partial charge in [-0.3, -0.25) is 20.3 Å². The summed E-state index contributed by atoms with van der Waals surface area (Å²) in [5, 5.41) is 20.2.